The second kappa shape index (κ2) is 17.0. The summed E-state index contributed by atoms with van der Waals surface area (Å²) in [7, 11) is 0. The molecule has 0 heterocycles. The van der Waals surface area contributed by atoms with Crippen LogP contribution in [0.4, 0.5) is 0 Å². The lowest BCUT2D eigenvalue weighted by Crippen LogP contribution is -2.01. The molecule has 0 aromatic rings. The summed E-state index contributed by atoms with van der Waals surface area (Å²) in [6.45, 7) is 14.8. The highest BCUT2D eigenvalue weighted by molar-refractivity contribution is 4.78. The Bertz CT molecular complexity index is 252. The van der Waals surface area contributed by atoms with Crippen molar-refractivity contribution in [2.24, 2.45) is 0 Å². The van der Waals surface area contributed by atoms with E-state index in [0.29, 0.717) is 0 Å². The molecule has 0 atom stereocenters. The van der Waals surface area contributed by atoms with Gasteiger partial charge in [0.1, 0.15) is 0 Å². The average Bonchev–Trinajstić information content (AvgIpc) is 2.51. The van der Waals surface area contributed by atoms with Gasteiger partial charge in [0.15, 0.2) is 0 Å². The Morgan fingerprint density at radius 3 is 1.43 bits per heavy atom. The second-order valence-electron chi connectivity index (χ2n) is 6.05. The molecule has 0 radical (unpaired) electrons. The number of allylic oxidation sites excluding steroid dienone is 2. The minimum Gasteiger partial charge on any atom is -0.314 e. The largest absolute Gasteiger partial charge is 0.314 e. The lowest BCUT2D eigenvalue weighted by atomic mass is 10.0. The van der Waals surface area contributed by atoms with Gasteiger partial charge in [-0.25, -0.2) is 6.57 Å². The molecule has 0 N–H and O–H groups in total. The smallest absolute Gasteiger partial charge is 0.223 e. The summed E-state index contributed by atoms with van der Waals surface area (Å²) in [5.74, 6) is 0. The third-order valence-electron chi connectivity index (χ3n) is 4.07. The Morgan fingerprint density at radius 2 is 1.05 bits per heavy atom. The summed E-state index contributed by atoms with van der Waals surface area (Å²) < 4.78 is 0. The zero-order chi connectivity index (χ0) is 15.6. The Labute approximate surface area is 133 Å². The van der Waals surface area contributed by atoms with Crippen molar-refractivity contribution in [1.29, 1.82) is 0 Å². The lowest BCUT2D eigenvalue weighted by molar-refractivity contribution is 0.519. The van der Waals surface area contributed by atoms with Crippen LogP contribution in [0.1, 0.15) is 89.9 Å². The molecule has 0 aliphatic heterocycles. The molecular weight excluding hydrogens is 254 g/mol. The van der Waals surface area contributed by atoms with E-state index in [9.17, 15) is 0 Å². The van der Waals surface area contributed by atoms with Gasteiger partial charge in [0.2, 0.25) is 6.04 Å². The van der Waals surface area contributed by atoms with Gasteiger partial charge in [-0.2, -0.15) is 0 Å². The van der Waals surface area contributed by atoms with E-state index in [2.05, 4.69) is 18.0 Å². The maximum Gasteiger partial charge on any atom is 0.223 e. The minimum absolute atomic E-state index is 0.284. The lowest BCUT2D eigenvalue weighted by Gasteiger charge is -2.06. The SMILES string of the molecule is [C-]#[N+]C(CCCCCCCC=C)CCCCCCCC=C. The highest BCUT2D eigenvalue weighted by atomic mass is 14.7. The number of rotatable bonds is 16. The molecule has 1 heteroatoms. The predicted octanol–water partition coefficient (Wildman–Crippen LogP) is 7.11. The van der Waals surface area contributed by atoms with E-state index in [1.807, 2.05) is 12.2 Å². The summed E-state index contributed by atoms with van der Waals surface area (Å²) in [6.07, 6.45) is 21.4. The maximum atomic E-state index is 7.31. The van der Waals surface area contributed by atoms with Crippen molar-refractivity contribution in [2.75, 3.05) is 0 Å². The molecule has 0 fully saturated rings. The van der Waals surface area contributed by atoms with E-state index in [1.54, 1.807) is 0 Å². The van der Waals surface area contributed by atoms with Crippen molar-refractivity contribution in [1.82, 2.24) is 0 Å². The number of hydrogen-bond donors (Lipinski definition) is 0. The quantitative estimate of drug-likeness (QED) is 0.162. The van der Waals surface area contributed by atoms with Gasteiger partial charge in [0.25, 0.3) is 0 Å². The van der Waals surface area contributed by atoms with Gasteiger partial charge in [0, 0.05) is 12.8 Å². The molecule has 0 saturated heterocycles. The number of unbranched alkanes of at least 4 members (excludes halogenated alkanes) is 10. The molecule has 120 valence electrons. The van der Waals surface area contributed by atoms with E-state index in [4.69, 9.17) is 6.57 Å². The Kier molecular flexibility index (Phi) is 16.2. The van der Waals surface area contributed by atoms with Gasteiger partial charge in [-0.15, -0.1) is 13.2 Å². The van der Waals surface area contributed by atoms with Crippen LogP contribution in [0.5, 0.6) is 0 Å². The summed E-state index contributed by atoms with van der Waals surface area (Å²) >= 11 is 0. The first-order valence-corrected chi connectivity index (χ1v) is 8.93. The van der Waals surface area contributed by atoms with Crippen LogP contribution in [0.15, 0.2) is 25.3 Å². The van der Waals surface area contributed by atoms with E-state index < -0.39 is 0 Å². The van der Waals surface area contributed by atoms with E-state index in [1.165, 1.54) is 64.2 Å². The zero-order valence-corrected chi connectivity index (χ0v) is 14.0. The van der Waals surface area contributed by atoms with Crippen LogP contribution in [0.2, 0.25) is 0 Å². The molecule has 0 aromatic heterocycles. The first-order valence-electron chi connectivity index (χ1n) is 8.93. The van der Waals surface area contributed by atoms with Gasteiger partial charge < -0.3 is 4.85 Å². The molecule has 0 aliphatic carbocycles. The normalized spacial score (nSPS) is 10.5. The van der Waals surface area contributed by atoms with Crippen molar-refractivity contribution in [2.45, 2.75) is 95.9 Å². The molecule has 0 saturated carbocycles. The topological polar surface area (TPSA) is 4.36 Å². The van der Waals surface area contributed by atoms with Crippen molar-refractivity contribution in [3.05, 3.63) is 36.7 Å². The van der Waals surface area contributed by atoms with Gasteiger partial charge in [0.05, 0.1) is 0 Å². The second-order valence-corrected chi connectivity index (χ2v) is 6.05. The molecule has 0 bridgehead atoms. The van der Waals surface area contributed by atoms with E-state index >= 15 is 0 Å². The monoisotopic (exact) mass is 289 g/mol. The first-order chi connectivity index (χ1) is 10.3. The van der Waals surface area contributed by atoms with Crippen molar-refractivity contribution >= 4 is 0 Å². The summed E-state index contributed by atoms with van der Waals surface area (Å²) in [5.41, 5.74) is 0. The highest BCUT2D eigenvalue weighted by Crippen LogP contribution is 2.16. The third kappa shape index (κ3) is 15.2. The molecule has 0 unspecified atom stereocenters. The van der Waals surface area contributed by atoms with Gasteiger partial charge in [-0.05, 0) is 38.5 Å². The van der Waals surface area contributed by atoms with Gasteiger partial charge >= 0.3 is 0 Å². The van der Waals surface area contributed by atoms with Crippen molar-refractivity contribution in [3.8, 4) is 0 Å². The van der Waals surface area contributed by atoms with Crippen LogP contribution in [0.25, 0.3) is 4.85 Å². The van der Waals surface area contributed by atoms with Crippen LogP contribution >= 0.6 is 0 Å². The fourth-order valence-corrected chi connectivity index (χ4v) is 2.67. The average molecular weight is 290 g/mol. The van der Waals surface area contributed by atoms with Crippen LogP contribution in [-0.4, -0.2) is 6.04 Å². The van der Waals surface area contributed by atoms with Gasteiger partial charge in [-0.1, -0.05) is 50.7 Å². The predicted molar refractivity (Wildman–Crippen MR) is 95.4 cm³/mol. The minimum atomic E-state index is 0.284. The van der Waals surface area contributed by atoms with E-state index in [-0.39, 0.29) is 6.04 Å². The van der Waals surface area contributed by atoms with Crippen molar-refractivity contribution < 1.29 is 0 Å². The van der Waals surface area contributed by atoms with Crippen molar-refractivity contribution in [3.63, 3.8) is 0 Å². The number of hydrogen-bond acceptors (Lipinski definition) is 0. The third-order valence-corrected chi connectivity index (χ3v) is 4.07. The zero-order valence-electron chi connectivity index (χ0n) is 14.0. The maximum absolute atomic E-state index is 7.31. The van der Waals surface area contributed by atoms with Crippen LogP contribution < -0.4 is 0 Å². The molecular formula is C20H35N. The summed E-state index contributed by atoms with van der Waals surface area (Å²) in [4.78, 5) is 3.81. The Hall–Kier alpha value is -1.03. The molecule has 0 aliphatic rings. The summed E-state index contributed by atoms with van der Waals surface area (Å²) in [6, 6.07) is 0.284. The van der Waals surface area contributed by atoms with Gasteiger partial charge in [-0.3, -0.25) is 0 Å². The molecule has 0 rings (SSSR count). The van der Waals surface area contributed by atoms with E-state index in [0.717, 1.165) is 25.7 Å². The molecule has 1 nitrogen and oxygen atoms in total. The fourth-order valence-electron chi connectivity index (χ4n) is 2.67. The van der Waals surface area contributed by atoms with Crippen LogP contribution in [0, 0.1) is 6.57 Å². The van der Waals surface area contributed by atoms with Crippen LogP contribution in [0.3, 0.4) is 0 Å². The summed E-state index contributed by atoms with van der Waals surface area (Å²) in [5, 5.41) is 0. The Morgan fingerprint density at radius 1 is 0.667 bits per heavy atom. The molecule has 0 aromatic carbocycles. The van der Waals surface area contributed by atoms with Crippen LogP contribution in [-0.2, 0) is 0 Å². The fraction of sp³-hybridized carbons (Fsp3) is 0.750. The highest BCUT2D eigenvalue weighted by Gasteiger charge is 2.11. The molecule has 0 amide bonds. The standard InChI is InChI=1S/C20H35N/c1-4-6-8-10-12-14-16-18-20(21-3)19-17-15-13-11-9-7-5-2/h4-5,20H,1-2,6-19H2. The molecule has 21 heavy (non-hydrogen) atoms. The number of nitrogens with zero attached hydrogens (tertiary/aromatic N) is 1. The first kappa shape index (κ1) is 20.0. The Balaban J connectivity index is 3.35. The molecule has 0 spiro atoms.